The Morgan fingerprint density at radius 3 is 1.75 bits per heavy atom. The summed E-state index contributed by atoms with van der Waals surface area (Å²) in [7, 11) is 0. The Hall–Kier alpha value is -7.75. The zero-order chi connectivity index (χ0) is 39.0. The van der Waals surface area contributed by atoms with Gasteiger partial charge in [0.05, 0.1) is 33.6 Å². The van der Waals surface area contributed by atoms with Crippen molar-refractivity contribution < 1.29 is 0 Å². The molecule has 0 N–H and O–H groups in total. The number of aryl methyl sites for hydroxylation is 1. The van der Waals surface area contributed by atoms with E-state index < -0.39 is 0 Å². The molecule has 0 fully saturated rings. The maximum absolute atomic E-state index is 5.39. The first-order valence-electron chi connectivity index (χ1n) is 20.2. The molecule has 0 atom stereocenters. The van der Waals surface area contributed by atoms with E-state index in [2.05, 4.69) is 195 Å². The molecule has 0 bridgehead atoms. The normalized spacial score (nSPS) is 11.8. The monoisotopic (exact) mass is 749 g/mol. The molecule has 0 aliphatic heterocycles. The first-order chi connectivity index (χ1) is 29.2. The van der Waals surface area contributed by atoms with Crippen LogP contribution in [0.25, 0.3) is 121 Å². The first kappa shape index (κ1) is 33.4. The van der Waals surface area contributed by atoms with Crippen LogP contribution >= 0.6 is 0 Å². The van der Waals surface area contributed by atoms with Crippen LogP contribution in [0.1, 0.15) is 5.56 Å². The maximum atomic E-state index is 5.39. The third kappa shape index (κ3) is 5.32. The largest absolute Gasteiger partial charge is 0.248 e. The Morgan fingerprint density at radius 1 is 0.322 bits per heavy atom. The lowest BCUT2D eigenvalue weighted by molar-refractivity contribution is 1.39. The summed E-state index contributed by atoms with van der Waals surface area (Å²) in [6.07, 6.45) is 0. The predicted molar refractivity (Wildman–Crippen MR) is 249 cm³/mol. The van der Waals surface area contributed by atoms with Crippen molar-refractivity contribution in [2.45, 2.75) is 6.92 Å². The van der Waals surface area contributed by atoms with Crippen molar-refractivity contribution in [3.63, 3.8) is 0 Å². The van der Waals surface area contributed by atoms with Crippen LogP contribution in [0, 0.1) is 6.92 Å². The smallest absolute Gasteiger partial charge is 0.0794 e. The molecule has 3 heterocycles. The number of para-hydroxylation sites is 1. The molecule has 0 amide bonds. The Morgan fingerprint density at radius 2 is 0.932 bits per heavy atom. The highest BCUT2D eigenvalue weighted by Gasteiger charge is 2.18. The van der Waals surface area contributed by atoms with Crippen molar-refractivity contribution in [2.75, 3.05) is 0 Å². The van der Waals surface area contributed by atoms with E-state index in [4.69, 9.17) is 15.0 Å². The zero-order valence-electron chi connectivity index (χ0n) is 32.3. The van der Waals surface area contributed by atoms with Gasteiger partial charge >= 0.3 is 0 Å². The molecule has 0 saturated heterocycles. The number of aromatic nitrogens is 3. The third-order valence-electron chi connectivity index (χ3n) is 12.2. The molecule has 0 spiro atoms. The lowest BCUT2D eigenvalue weighted by Crippen LogP contribution is -1.94. The Bertz CT molecular complexity index is 3680. The summed E-state index contributed by atoms with van der Waals surface area (Å²) in [6.45, 7) is 2.23. The number of fused-ring (bicyclic) bond motifs is 12. The minimum absolute atomic E-state index is 0.932. The standard InChI is InChI=1S/C56H35N3/c1-34-42(28-24-36-22-23-37-25-29-48(58-55(37)52(34)36)35-12-3-2-4-13-35)38-26-30-50-40(32-38)27-31-49(57-50)39-14-11-15-41(33-39)56-54-46-19-8-6-17-44(46)43-16-5-7-18-45(43)53(54)47-20-9-10-21-51(47)59-56/h2-33H,1H3. The van der Waals surface area contributed by atoms with Crippen LogP contribution in [0.5, 0.6) is 0 Å². The summed E-state index contributed by atoms with van der Waals surface area (Å²) >= 11 is 0. The van der Waals surface area contributed by atoms with E-state index >= 15 is 0 Å². The van der Waals surface area contributed by atoms with Gasteiger partial charge in [0.15, 0.2) is 0 Å². The fourth-order valence-electron chi connectivity index (χ4n) is 9.37. The molecule has 12 rings (SSSR count). The number of hydrogen-bond acceptors (Lipinski definition) is 3. The van der Waals surface area contributed by atoms with Crippen molar-refractivity contribution in [2.24, 2.45) is 0 Å². The van der Waals surface area contributed by atoms with Gasteiger partial charge in [-0.2, -0.15) is 0 Å². The molecule has 0 aliphatic rings. The Balaban J connectivity index is 0.967. The maximum Gasteiger partial charge on any atom is 0.0794 e. The molecule has 9 aromatic carbocycles. The summed E-state index contributed by atoms with van der Waals surface area (Å²) in [5.41, 5.74) is 12.7. The fourth-order valence-corrected chi connectivity index (χ4v) is 9.37. The molecule has 3 nitrogen and oxygen atoms in total. The van der Waals surface area contributed by atoms with Crippen molar-refractivity contribution in [1.82, 2.24) is 15.0 Å². The van der Waals surface area contributed by atoms with Gasteiger partial charge in [0.2, 0.25) is 0 Å². The van der Waals surface area contributed by atoms with Crippen LogP contribution in [0.2, 0.25) is 0 Å². The van der Waals surface area contributed by atoms with Crippen LogP contribution < -0.4 is 0 Å². The second-order valence-electron chi connectivity index (χ2n) is 15.5. The molecule has 0 saturated carbocycles. The van der Waals surface area contributed by atoms with E-state index in [0.29, 0.717) is 0 Å². The van der Waals surface area contributed by atoms with Crippen molar-refractivity contribution in [1.29, 1.82) is 0 Å². The van der Waals surface area contributed by atoms with Crippen LogP contribution in [0.3, 0.4) is 0 Å². The van der Waals surface area contributed by atoms with Gasteiger partial charge in [-0.25, -0.2) is 15.0 Å². The number of nitrogens with zero attached hydrogens (tertiary/aromatic N) is 3. The summed E-state index contributed by atoms with van der Waals surface area (Å²) < 4.78 is 0. The Labute approximate surface area is 340 Å². The molecule has 0 unspecified atom stereocenters. The van der Waals surface area contributed by atoms with Crippen LogP contribution in [-0.4, -0.2) is 15.0 Å². The second kappa shape index (κ2) is 13.2. The van der Waals surface area contributed by atoms with Crippen LogP contribution in [0.15, 0.2) is 194 Å². The van der Waals surface area contributed by atoms with Gasteiger partial charge in [0.25, 0.3) is 0 Å². The number of hydrogen-bond donors (Lipinski definition) is 0. The molecule has 59 heavy (non-hydrogen) atoms. The summed E-state index contributed by atoms with van der Waals surface area (Å²) in [5.74, 6) is 0. The number of pyridine rings is 3. The van der Waals surface area contributed by atoms with Crippen molar-refractivity contribution in [3.8, 4) is 44.9 Å². The van der Waals surface area contributed by atoms with Crippen molar-refractivity contribution in [3.05, 3.63) is 200 Å². The minimum atomic E-state index is 0.932. The van der Waals surface area contributed by atoms with E-state index in [1.165, 1.54) is 65.2 Å². The lowest BCUT2D eigenvalue weighted by atomic mass is 9.89. The van der Waals surface area contributed by atoms with Gasteiger partial charge in [-0.05, 0) is 86.9 Å². The highest BCUT2D eigenvalue weighted by molar-refractivity contribution is 6.33. The van der Waals surface area contributed by atoms with Gasteiger partial charge in [-0.1, -0.05) is 158 Å². The Kier molecular flexibility index (Phi) is 7.45. The molecular formula is C56H35N3. The molecule has 3 aromatic heterocycles. The minimum Gasteiger partial charge on any atom is -0.248 e. The highest BCUT2D eigenvalue weighted by Crippen LogP contribution is 2.43. The quantitative estimate of drug-likeness (QED) is 0.168. The van der Waals surface area contributed by atoms with Crippen LogP contribution in [-0.2, 0) is 0 Å². The van der Waals surface area contributed by atoms with Gasteiger partial charge in [0.1, 0.15) is 0 Å². The van der Waals surface area contributed by atoms with Crippen LogP contribution in [0.4, 0.5) is 0 Å². The molecule has 274 valence electrons. The molecule has 0 aliphatic carbocycles. The molecule has 0 radical (unpaired) electrons. The predicted octanol–water partition coefficient (Wildman–Crippen LogP) is 14.9. The lowest BCUT2D eigenvalue weighted by Gasteiger charge is -2.16. The summed E-state index contributed by atoms with van der Waals surface area (Å²) in [4.78, 5) is 15.9. The molecule has 12 aromatic rings. The zero-order valence-corrected chi connectivity index (χ0v) is 32.3. The summed E-state index contributed by atoms with van der Waals surface area (Å²) in [5, 5.41) is 13.2. The second-order valence-corrected chi connectivity index (χ2v) is 15.5. The topological polar surface area (TPSA) is 38.7 Å². The van der Waals surface area contributed by atoms with Gasteiger partial charge in [-0.3, -0.25) is 0 Å². The van der Waals surface area contributed by atoms with Crippen molar-refractivity contribution >= 4 is 75.8 Å². The third-order valence-corrected chi connectivity index (χ3v) is 12.2. The fraction of sp³-hybridized carbons (Fsp3) is 0.0179. The number of rotatable bonds is 4. The first-order valence-corrected chi connectivity index (χ1v) is 20.2. The van der Waals surface area contributed by atoms with E-state index in [9.17, 15) is 0 Å². The SMILES string of the molecule is Cc1c(-c2ccc3nc(-c4cccc(-c5nc6ccccc6c6c7ccccc7c7ccccc7c56)c4)ccc3c2)ccc2ccc3ccc(-c4ccccc4)nc3c12. The van der Waals surface area contributed by atoms with E-state index in [1.54, 1.807) is 0 Å². The molecule has 3 heteroatoms. The average Bonchev–Trinajstić information content (AvgIpc) is 3.31. The van der Waals surface area contributed by atoms with Gasteiger partial charge < -0.3 is 0 Å². The van der Waals surface area contributed by atoms with E-state index in [0.717, 1.165) is 61.1 Å². The highest BCUT2D eigenvalue weighted by atomic mass is 14.7. The van der Waals surface area contributed by atoms with E-state index in [1.807, 2.05) is 6.07 Å². The molecular weight excluding hydrogens is 715 g/mol. The number of benzene rings is 9. The van der Waals surface area contributed by atoms with E-state index in [-0.39, 0.29) is 0 Å². The van der Waals surface area contributed by atoms with Gasteiger partial charge in [-0.15, -0.1) is 0 Å². The van der Waals surface area contributed by atoms with Gasteiger partial charge in [0, 0.05) is 49.0 Å². The summed E-state index contributed by atoms with van der Waals surface area (Å²) in [6, 6.07) is 69.4. The average molecular weight is 750 g/mol.